The monoisotopic (exact) mass is 526 g/mol. The highest BCUT2D eigenvalue weighted by Gasteiger charge is 2.52. The quantitative estimate of drug-likeness (QED) is 0.484. The zero-order valence-electron chi connectivity index (χ0n) is 22.9. The first-order valence-corrected chi connectivity index (χ1v) is 14.1. The van der Waals surface area contributed by atoms with Crippen molar-refractivity contribution in [1.82, 2.24) is 15.1 Å². The summed E-state index contributed by atoms with van der Waals surface area (Å²) in [4.78, 5) is 56.7. The Morgan fingerprint density at radius 1 is 1.05 bits per heavy atom. The van der Waals surface area contributed by atoms with Crippen LogP contribution in [0.25, 0.3) is 0 Å². The third kappa shape index (κ3) is 6.03. The van der Waals surface area contributed by atoms with Crippen molar-refractivity contribution in [2.75, 3.05) is 37.6 Å². The van der Waals surface area contributed by atoms with E-state index in [4.69, 9.17) is 0 Å². The van der Waals surface area contributed by atoms with Crippen LogP contribution in [0.4, 0.5) is 5.69 Å². The van der Waals surface area contributed by atoms with E-state index in [-0.39, 0.29) is 48.4 Å². The molecule has 0 aromatic heterocycles. The Labute approximate surface area is 225 Å². The van der Waals surface area contributed by atoms with Crippen LogP contribution in [0.2, 0.25) is 0 Å². The summed E-state index contributed by atoms with van der Waals surface area (Å²) in [6.07, 6.45) is 3.41. The average Bonchev–Trinajstić information content (AvgIpc) is 3.66. The number of aliphatic hydroxyl groups excluding tert-OH is 1. The fourth-order valence-corrected chi connectivity index (χ4v) is 5.88. The molecule has 2 N–H and O–H groups in total. The van der Waals surface area contributed by atoms with E-state index in [1.54, 1.807) is 4.90 Å². The third-order valence-corrected chi connectivity index (χ3v) is 8.51. The average molecular weight is 527 g/mol. The second-order valence-corrected chi connectivity index (χ2v) is 11.2. The standard InChI is InChI=1S/C29H42N4O5/c1-4-20(3)27(36)29(38)33-18-24(34)26-23(33)12-16-32(26)25(35)17-19(2)11-13-30-28(37)21-7-9-22(10-8-21)31-14-5-6-15-31/h7-10,19-20,23,26-27,36H,4-6,11-18H2,1-3H3,(H,30,37). The number of rotatable bonds is 10. The second-order valence-electron chi connectivity index (χ2n) is 11.2. The predicted molar refractivity (Wildman–Crippen MR) is 145 cm³/mol. The van der Waals surface area contributed by atoms with E-state index in [2.05, 4.69) is 10.2 Å². The van der Waals surface area contributed by atoms with Gasteiger partial charge in [-0.1, -0.05) is 27.2 Å². The molecule has 3 fully saturated rings. The van der Waals surface area contributed by atoms with Gasteiger partial charge in [-0.2, -0.15) is 0 Å². The Hall–Kier alpha value is -2.94. The van der Waals surface area contributed by atoms with Crippen LogP contribution in [-0.2, 0) is 14.4 Å². The van der Waals surface area contributed by atoms with Crippen LogP contribution in [-0.4, -0.2) is 89.3 Å². The van der Waals surface area contributed by atoms with E-state index < -0.39 is 18.1 Å². The number of Topliss-reactive ketones (excluding diaryl/α,β-unsaturated/α-hetero) is 1. The smallest absolute Gasteiger partial charge is 0.252 e. The summed E-state index contributed by atoms with van der Waals surface area (Å²) < 4.78 is 0. The van der Waals surface area contributed by atoms with Crippen molar-refractivity contribution < 1.29 is 24.3 Å². The summed E-state index contributed by atoms with van der Waals surface area (Å²) in [6.45, 7) is 8.66. The van der Waals surface area contributed by atoms with Gasteiger partial charge in [0.05, 0.1) is 12.6 Å². The Morgan fingerprint density at radius 3 is 2.39 bits per heavy atom. The highest BCUT2D eigenvalue weighted by molar-refractivity contribution is 5.98. The minimum atomic E-state index is -1.13. The summed E-state index contributed by atoms with van der Waals surface area (Å²) in [7, 11) is 0. The van der Waals surface area contributed by atoms with Crippen LogP contribution in [0.3, 0.4) is 0 Å². The van der Waals surface area contributed by atoms with Gasteiger partial charge >= 0.3 is 0 Å². The Kier molecular flexibility index (Phi) is 9.07. The number of benzene rings is 1. The Morgan fingerprint density at radius 2 is 1.74 bits per heavy atom. The van der Waals surface area contributed by atoms with Crippen molar-refractivity contribution in [2.45, 2.75) is 77.5 Å². The molecule has 0 aliphatic carbocycles. The molecule has 9 heteroatoms. The summed E-state index contributed by atoms with van der Waals surface area (Å²) in [5.74, 6) is -0.934. The van der Waals surface area contributed by atoms with Crippen LogP contribution in [0.5, 0.6) is 0 Å². The van der Waals surface area contributed by atoms with Crippen molar-refractivity contribution >= 4 is 29.2 Å². The van der Waals surface area contributed by atoms with Gasteiger partial charge in [0.2, 0.25) is 5.91 Å². The Balaban J connectivity index is 1.23. The number of fused-ring (bicyclic) bond motifs is 1. The van der Waals surface area contributed by atoms with Crippen molar-refractivity contribution in [3.05, 3.63) is 29.8 Å². The molecule has 5 atom stereocenters. The van der Waals surface area contributed by atoms with Crippen LogP contribution in [0.15, 0.2) is 24.3 Å². The van der Waals surface area contributed by atoms with Gasteiger partial charge in [-0.05, 0) is 61.8 Å². The van der Waals surface area contributed by atoms with Crippen molar-refractivity contribution in [3.63, 3.8) is 0 Å². The SMILES string of the molecule is CCC(C)C(O)C(=O)N1CC(=O)C2C1CCN2C(=O)CC(C)CCNC(=O)c1ccc(N2CCCC2)cc1. The van der Waals surface area contributed by atoms with Crippen LogP contribution >= 0.6 is 0 Å². The minimum absolute atomic E-state index is 0.0286. The molecule has 38 heavy (non-hydrogen) atoms. The number of anilines is 1. The third-order valence-electron chi connectivity index (χ3n) is 8.51. The molecule has 3 amide bonds. The zero-order chi connectivity index (χ0) is 27.4. The van der Waals surface area contributed by atoms with Gasteiger partial charge in [0.1, 0.15) is 12.1 Å². The lowest BCUT2D eigenvalue weighted by atomic mass is 10.00. The van der Waals surface area contributed by atoms with Crippen LogP contribution in [0, 0.1) is 11.8 Å². The highest BCUT2D eigenvalue weighted by atomic mass is 16.3. The van der Waals surface area contributed by atoms with Gasteiger partial charge in [-0.3, -0.25) is 19.2 Å². The van der Waals surface area contributed by atoms with Crippen molar-refractivity contribution in [2.24, 2.45) is 11.8 Å². The number of hydrogen-bond acceptors (Lipinski definition) is 6. The van der Waals surface area contributed by atoms with Crippen LogP contribution in [0.1, 0.15) is 69.7 Å². The first-order chi connectivity index (χ1) is 18.2. The van der Waals surface area contributed by atoms with Gasteiger partial charge in [0.25, 0.3) is 11.8 Å². The molecule has 0 saturated carbocycles. The number of aliphatic hydroxyl groups is 1. The molecule has 208 valence electrons. The van der Waals surface area contributed by atoms with E-state index in [0.717, 1.165) is 18.8 Å². The molecular formula is C29H42N4O5. The summed E-state index contributed by atoms with van der Waals surface area (Å²) in [6, 6.07) is 6.72. The molecule has 0 spiro atoms. The molecule has 3 heterocycles. The molecule has 9 nitrogen and oxygen atoms in total. The van der Waals surface area contributed by atoms with Crippen LogP contribution < -0.4 is 10.2 Å². The maximum absolute atomic E-state index is 13.1. The lowest BCUT2D eigenvalue weighted by molar-refractivity contribution is -0.144. The van der Waals surface area contributed by atoms with E-state index in [0.29, 0.717) is 37.9 Å². The van der Waals surface area contributed by atoms with Gasteiger partial charge in [0.15, 0.2) is 5.78 Å². The molecule has 1 aromatic carbocycles. The molecule has 3 aliphatic rings. The number of carbonyl (C=O) groups excluding carboxylic acids is 4. The van der Waals surface area contributed by atoms with Gasteiger partial charge in [-0.15, -0.1) is 0 Å². The van der Waals surface area contributed by atoms with Gasteiger partial charge < -0.3 is 25.1 Å². The zero-order valence-corrected chi connectivity index (χ0v) is 22.9. The van der Waals surface area contributed by atoms with Crippen molar-refractivity contribution in [1.29, 1.82) is 0 Å². The normalized spacial score (nSPS) is 23.4. The molecule has 5 unspecified atom stereocenters. The van der Waals surface area contributed by atoms with Crippen molar-refractivity contribution in [3.8, 4) is 0 Å². The van der Waals surface area contributed by atoms with E-state index in [9.17, 15) is 24.3 Å². The summed E-state index contributed by atoms with van der Waals surface area (Å²) in [5, 5.41) is 13.3. The van der Waals surface area contributed by atoms with E-state index in [1.165, 1.54) is 17.7 Å². The second kappa shape index (κ2) is 12.3. The number of amides is 3. The number of likely N-dealkylation sites (tertiary alicyclic amines) is 2. The lowest BCUT2D eigenvalue weighted by Crippen LogP contribution is -2.47. The molecule has 3 saturated heterocycles. The molecule has 1 aromatic rings. The molecular weight excluding hydrogens is 484 g/mol. The topological polar surface area (TPSA) is 110 Å². The largest absolute Gasteiger partial charge is 0.383 e. The number of ketones is 1. The number of hydrogen-bond donors (Lipinski definition) is 2. The predicted octanol–water partition coefficient (Wildman–Crippen LogP) is 2.22. The summed E-state index contributed by atoms with van der Waals surface area (Å²) in [5.41, 5.74) is 1.77. The Bertz CT molecular complexity index is 1020. The first kappa shape index (κ1) is 28.1. The number of nitrogens with one attached hydrogen (secondary N) is 1. The fourth-order valence-electron chi connectivity index (χ4n) is 5.88. The number of carbonyl (C=O) groups is 4. The minimum Gasteiger partial charge on any atom is -0.383 e. The van der Waals surface area contributed by atoms with E-state index >= 15 is 0 Å². The molecule has 0 radical (unpaired) electrons. The maximum atomic E-state index is 13.1. The lowest BCUT2D eigenvalue weighted by Gasteiger charge is -2.28. The van der Waals surface area contributed by atoms with E-state index in [1.807, 2.05) is 45.0 Å². The number of nitrogens with zero attached hydrogens (tertiary/aromatic N) is 3. The van der Waals surface area contributed by atoms with Gasteiger partial charge in [0, 0.05) is 43.9 Å². The highest BCUT2D eigenvalue weighted by Crippen LogP contribution is 2.32. The molecule has 4 rings (SSSR count). The fraction of sp³-hybridized carbons (Fsp3) is 0.655. The molecule has 0 bridgehead atoms. The summed E-state index contributed by atoms with van der Waals surface area (Å²) >= 11 is 0. The maximum Gasteiger partial charge on any atom is 0.252 e. The first-order valence-electron chi connectivity index (χ1n) is 14.1. The molecule has 3 aliphatic heterocycles. The van der Waals surface area contributed by atoms with Gasteiger partial charge in [-0.25, -0.2) is 0 Å².